The van der Waals surface area contributed by atoms with Crippen molar-refractivity contribution in [3.8, 4) is 11.5 Å². The van der Waals surface area contributed by atoms with E-state index in [-0.39, 0.29) is 17.7 Å². The molecule has 1 atom stereocenters. The van der Waals surface area contributed by atoms with Gasteiger partial charge in [-0.25, -0.2) is 5.01 Å². The fraction of sp³-hybridized carbons (Fsp3) is 0.148. The molecule has 35 heavy (non-hydrogen) atoms. The van der Waals surface area contributed by atoms with E-state index in [1.54, 1.807) is 24.3 Å². The molecule has 8 heteroatoms. The Balaban J connectivity index is 1.45. The largest absolute Gasteiger partial charge is 0.504 e. The average Bonchev–Trinajstić information content (AvgIpc) is 3.46. The molecule has 5 rings (SSSR count). The molecule has 0 bridgehead atoms. The van der Waals surface area contributed by atoms with E-state index in [1.807, 2.05) is 66.5 Å². The van der Waals surface area contributed by atoms with Gasteiger partial charge in [-0.1, -0.05) is 60.1 Å². The summed E-state index contributed by atoms with van der Waals surface area (Å²) in [5.41, 5.74) is 3.74. The molecule has 2 aliphatic rings. The van der Waals surface area contributed by atoms with Gasteiger partial charge in [0.2, 0.25) is 0 Å². The van der Waals surface area contributed by atoms with Gasteiger partial charge in [-0.15, -0.1) is 0 Å². The van der Waals surface area contributed by atoms with Gasteiger partial charge in [-0.2, -0.15) is 10.1 Å². The normalized spacial score (nSPS) is 18.7. The summed E-state index contributed by atoms with van der Waals surface area (Å²) >= 11 is 7.40. The summed E-state index contributed by atoms with van der Waals surface area (Å²) in [6.07, 6.45) is 2.43. The average molecular weight is 504 g/mol. The molecule has 1 unspecified atom stereocenters. The Morgan fingerprint density at radius 2 is 1.91 bits per heavy atom. The van der Waals surface area contributed by atoms with E-state index in [9.17, 15) is 9.90 Å². The highest BCUT2D eigenvalue weighted by molar-refractivity contribution is 8.18. The van der Waals surface area contributed by atoms with Crippen molar-refractivity contribution in [1.29, 1.82) is 0 Å². The molecule has 2 aliphatic heterocycles. The van der Waals surface area contributed by atoms with Crippen LogP contribution < -0.4 is 4.74 Å². The van der Waals surface area contributed by atoms with Gasteiger partial charge in [0, 0.05) is 11.4 Å². The van der Waals surface area contributed by atoms with Crippen molar-refractivity contribution in [2.24, 2.45) is 10.1 Å². The first-order valence-electron chi connectivity index (χ1n) is 11.2. The molecular formula is C27H22ClN3O3S. The minimum Gasteiger partial charge on any atom is -0.504 e. The van der Waals surface area contributed by atoms with Gasteiger partial charge in [-0.05, 0) is 65.7 Å². The second-order valence-corrected chi connectivity index (χ2v) is 9.44. The monoisotopic (exact) mass is 503 g/mol. The van der Waals surface area contributed by atoms with Gasteiger partial charge in [0.25, 0.3) is 5.91 Å². The van der Waals surface area contributed by atoms with Crippen molar-refractivity contribution in [2.45, 2.75) is 19.4 Å². The third-order valence-electron chi connectivity index (χ3n) is 5.66. The first-order chi connectivity index (χ1) is 17.0. The molecule has 0 aliphatic carbocycles. The predicted octanol–water partition coefficient (Wildman–Crippen LogP) is 6.27. The van der Waals surface area contributed by atoms with E-state index in [2.05, 4.69) is 4.99 Å². The molecule has 2 heterocycles. The van der Waals surface area contributed by atoms with Crippen LogP contribution in [0, 0.1) is 0 Å². The van der Waals surface area contributed by atoms with E-state index >= 15 is 0 Å². The zero-order valence-electron chi connectivity index (χ0n) is 18.9. The second-order valence-electron chi connectivity index (χ2n) is 8.00. The zero-order chi connectivity index (χ0) is 24.4. The molecule has 1 amide bonds. The Labute approximate surface area is 212 Å². The van der Waals surface area contributed by atoms with E-state index in [0.29, 0.717) is 33.9 Å². The highest BCUT2D eigenvalue weighted by Crippen LogP contribution is 2.40. The number of amidine groups is 1. The minimum atomic E-state index is -0.325. The number of carbonyl (C=O) groups excluding carboxylic acids is 1. The van der Waals surface area contributed by atoms with Crippen LogP contribution in [-0.2, 0) is 4.79 Å². The number of thioether (sulfide) groups is 1. The molecule has 176 valence electrons. The number of nitrogens with zero attached hydrogens (tertiary/aromatic N) is 3. The van der Waals surface area contributed by atoms with E-state index in [1.165, 1.54) is 11.8 Å². The van der Waals surface area contributed by atoms with E-state index in [0.717, 1.165) is 22.4 Å². The van der Waals surface area contributed by atoms with Crippen LogP contribution in [0.1, 0.15) is 36.1 Å². The molecule has 0 aromatic heterocycles. The summed E-state index contributed by atoms with van der Waals surface area (Å²) in [5.74, 6) is 0.106. The van der Waals surface area contributed by atoms with E-state index in [4.69, 9.17) is 21.4 Å². The van der Waals surface area contributed by atoms with Gasteiger partial charge in [0.1, 0.15) is 0 Å². The second kappa shape index (κ2) is 9.98. The molecule has 0 spiro atoms. The molecule has 1 N–H and O–H groups in total. The van der Waals surface area contributed by atoms with Crippen LogP contribution in [0.25, 0.3) is 6.08 Å². The number of rotatable bonds is 5. The Morgan fingerprint density at radius 3 is 2.66 bits per heavy atom. The number of carbonyl (C=O) groups is 1. The minimum absolute atomic E-state index is 0.0574. The number of aliphatic imine (C=N–C) groups is 1. The quantitative estimate of drug-likeness (QED) is 0.415. The fourth-order valence-corrected chi connectivity index (χ4v) is 5.02. The summed E-state index contributed by atoms with van der Waals surface area (Å²) < 4.78 is 5.46. The van der Waals surface area contributed by atoms with Crippen molar-refractivity contribution < 1.29 is 14.6 Å². The summed E-state index contributed by atoms with van der Waals surface area (Å²) in [7, 11) is 0. The maximum absolute atomic E-state index is 12.8. The van der Waals surface area contributed by atoms with Gasteiger partial charge in [0.15, 0.2) is 16.7 Å². The lowest BCUT2D eigenvalue weighted by atomic mass is 9.99. The molecule has 0 saturated heterocycles. The van der Waals surface area contributed by atoms with Crippen LogP contribution in [0.4, 0.5) is 0 Å². The molecule has 6 nitrogen and oxygen atoms in total. The predicted molar refractivity (Wildman–Crippen MR) is 141 cm³/mol. The topological polar surface area (TPSA) is 74.5 Å². The lowest BCUT2D eigenvalue weighted by Gasteiger charge is -2.22. The molecule has 0 radical (unpaired) electrons. The third kappa shape index (κ3) is 4.97. The Kier molecular flexibility index (Phi) is 6.61. The van der Waals surface area contributed by atoms with Crippen molar-refractivity contribution in [2.75, 3.05) is 6.61 Å². The summed E-state index contributed by atoms with van der Waals surface area (Å²) in [5, 5.41) is 17.9. The zero-order valence-corrected chi connectivity index (χ0v) is 20.5. The Morgan fingerprint density at radius 1 is 1.14 bits per heavy atom. The molecule has 3 aromatic rings. The van der Waals surface area contributed by atoms with Crippen LogP contribution in [0.3, 0.4) is 0 Å². The van der Waals surface area contributed by atoms with E-state index < -0.39 is 0 Å². The number of halogens is 1. The van der Waals surface area contributed by atoms with Crippen LogP contribution >= 0.6 is 23.4 Å². The molecule has 0 fully saturated rings. The van der Waals surface area contributed by atoms with Crippen LogP contribution in [-0.4, -0.2) is 33.5 Å². The smallest absolute Gasteiger partial charge is 0.286 e. The standard InChI is InChI=1S/C27H22ClN3O3S/c1-2-34-24-14-17(8-13-23(24)32)15-25-26(33)29-27(35-25)31-22(19-9-11-20(28)12-10-19)16-21(30-31)18-6-4-3-5-7-18/h3-15,22,32H,2,16H2,1H3/b25-15-. The first-order valence-corrected chi connectivity index (χ1v) is 12.4. The lowest BCUT2D eigenvalue weighted by Crippen LogP contribution is -2.23. The maximum Gasteiger partial charge on any atom is 0.286 e. The number of benzene rings is 3. The van der Waals surface area contributed by atoms with Crippen LogP contribution in [0.15, 0.2) is 87.8 Å². The summed E-state index contributed by atoms with van der Waals surface area (Å²) in [6, 6.07) is 22.6. The molecular weight excluding hydrogens is 482 g/mol. The Bertz CT molecular complexity index is 1350. The van der Waals surface area contributed by atoms with Crippen LogP contribution in [0.5, 0.6) is 11.5 Å². The van der Waals surface area contributed by atoms with Gasteiger partial charge in [-0.3, -0.25) is 4.79 Å². The SMILES string of the molecule is CCOc1cc(/C=C2\SC(N3N=C(c4ccccc4)CC3c3ccc(Cl)cc3)=NC2=O)ccc1O. The number of aromatic hydroxyl groups is 1. The molecule has 0 saturated carbocycles. The fourth-order valence-electron chi connectivity index (χ4n) is 3.98. The van der Waals surface area contributed by atoms with Crippen molar-refractivity contribution in [3.05, 3.63) is 99.4 Å². The van der Waals surface area contributed by atoms with Crippen molar-refractivity contribution >= 4 is 46.2 Å². The molecule has 3 aromatic carbocycles. The summed E-state index contributed by atoms with van der Waals surface area (Å²) in [6.45, 7) is 2.27. The number of ether oxygens (including phenoxy) is 1. The highest BCUT2D eigenvalue weighted by atomic mass is 35.5. The number of hydrogen-bond acceptors (Lipinski definition) is 6. The third-order valence-corrected chi connectivity index (χ3v) is 6.88. The van der Waals surface area contributed by atoms with Gasteiger partial charge < -0.3 is 9.84 Å². The van der Waals surface area contributed by atoms with Gasteiger partial charge >= 0.3 is 0 Å². The summed E-state index contributed by atoms with van der Waals surface area (Å²) in [4.78, 5) is 17.6. The Hall–Kier alpha value is -3.55. The lowest BCUT2D eigenvalue weighted by molar-refractivity contribution is -0.113. The maximum atomic E-state index is 12.8. The van der Waals surface area contributed by atoms with Crippen LogP contribution in [0.2, 0.25) is 5.02 Å². The first kappa shape index (κ1) is 23.2. The van der Waals surface area contributed by atoms with Gasteiger partial charge in [0.05, 0.1) is 23.3 Å². The van der Waals surface area contributed by atoms with Crippen molar-refractivity contribution in [3.63, 3.8) is 0 Å². The highest BCUT2D eigenvalue weighted by Gasteiger charge is 2.36. The number of phenolic OH excluding ortho intramolecular Hbond substituents is 1. The number of hydrogen-bond donors (Lipinski definition) is 1. The number of phenols is 1. The number of amides is 1. The van der Waals surface area contributed by atoms with Crippen molar-refractivity contribution in [1.82, 2.24) is 5.01 Å². The number of hydrazone groups is 1.